The van der Waals surface area contributed by atoms with E-state index in [0.29, 0.717) is 25.0 Å². The second kappa shape index (κ2) is 5.86. The van der Waals surface area contributed by atoms with E-state index in [2.05, 4.69) is 12.1 Å². The number of ether oxygens (including phenoxy) is 1. The van der Waals surface area contributed by atoms with Crippen molar-refractivity contribution in [1.29, 1.82) is 0 Å². The second-order valence-electron chi connectivity index (χ2n) is 4.01. The normalized spacial score (nSPS) is 29.1. The summed E-state index contributed by atoms with van der Waals surface area (Å²) in [6, 6.07) is 0. The van der Waals surface area contributed by atoms with E-state index in [9.17, 15) is 0 Å². The third-order valence-electron chi connectivity index (χ3n) is 2.85. The van der Waals surface area contributed by atoms with E-state index in [0.717, 1.165) is 6.42 Å². The van der Waals surface area contributed by atoms with Crippen LogP contribution in [0.5, 0.6) is 0 Å². The van der Waals surface area contributed by atoms with Gasteiger partial charge in [0.15, 0.2) is 0 Å². The molecule has 3 N–H and O–H groups in total. The van der Waals surface area contributed by atoms with Crippen LogP contribution in [0.25, 0.3) is 0 Å². The zero-order chi connectivity index (χ0) is 10.4. The van der Waals surface area contributed by atoms with Crippen LogP contribution in [-0.4, -0.2) is 23.8 Å². The van der Waals surface area contributed by atoms with Crippen molar-refractivity contribution < 1.29 is 9.94 Å². The molecule has 2 atom stereocenters. The van der Waals surface area contributed by atoms with Crippen LogP contribution in [0, 0.1) is 5.92 Å². The highest BCUT2D eigenvalue weighted by Crippen LogP contribution is 2.26. The standard InChI is InChI=1S/C10H20N2O2/c1-8-4-2-3-5-9(8)14-7-6-10(11)12-13/h8-9,13H,2-7H2,1H3,(H2,11,12). The Hall–Kier alpha value is -0.770. The molecule has 1 aliphatic rings. The Morgan fingerprint density at radius 3 is 2.86 bits per heavy atom. The molecular weight excluding hydrogens is 180 g/mol. The first kappa shape index (κ1) is 11.3. The highest BCUT2D eigenvalue weighted by molar-refractivity contribution is 5.79. The number of nitrogens with zero attached hydrogens (tertiary/aromatic N) is 1. The Labute approximate surface area is 85.1 Å². The van der Waals surface area contributed by atoms with Gasteiger partial charge in [0.05, 0.1) is 12.7 Å². The van der Waals surface area contributed by atoms with Crippen molar-refractivity contribution in [3.8, 4) is 0 Å². The molecule has 0 heterocycles. The van der Waals surface area contributed by atoms with Crippen molar-refractivity contribution in [2.24, 2.45) is 16.8 Å². The first-order valence-corrected chi connectivity index (χ1v) is 5.32. The van der Waals surface area contributed by atoms with Crippen LogP contribution in [0.15, 0.2) is 5.16 Å². The zero-order valence-electron chi connectivity index (χ0n) is 8.78. The van der Waals surface area contributed by atoms with Crippen LogP contribution < -0.4 is 5.73 Å². The van der Waals surface area contributed by atoms with Crippen molar-refractivity contribution in [3.05, 3.63) is 0 Å². The molecule has 14 heavy (non-hydrogen) atoms. The Morgan fingerprint density at radius 1 is 1.50 bits per heavy atom. The summed E-state index contributed by atoms with van der Waals surface area (Å²) in [5.74, 6) is 0.893. The third-order valence-corrected chi connectivity index (χ3v) is 2.85. The Morgan fingerprint density at radius 2 is 2.21 bits per heavy atom. The van der Waals surface area contributed by atoms with E-state index >= 15 is 0 Å². The Balaban J connectivity index is 2.16. The average molecular weight is 200 g/mol. The fraction of sp³-hybridized carbons (Fsp3) is 0.900. The van der Waals surface area contributed by atoms with Gasteiger partial charge in [-0.1, -0.05) is 24.9 Å². The lowest BCUT2D eigenvalue weighted by Crippen LogP contribution is -2.27. The number of hydrogen-bond acceptors (Lipinski definition) is 3. The number of rotatable bonds is 4. The number of oxime groups is 1. The maximum Gasteiger partial charge on any atom is 0.141 e. The minimum atomic E-state index is 0.244. The maximum atomic E-state index is 8.33. The molecule has 1 aliphatic carbocycles. The molecule has 1 fully saturated rings. The van der Waals surface area contributed by atoms with E-state index in [-0.39, 0.29) is 5.84 Å². The first-order valence-electron chi connectivity index (χ1n) is 5.32. The highest BCUT2D eigenvalue weighted by Gasteiger charge is 2.21. The maximum absolute atomic E-state index is 8.33. The molecule has 0 bridgehead atoms. The van der Waals surface area contributed by atoms with Gasteiger partial charge < -0.3 is 15.7 Å². The first-order chi connectivity index (χ1) is 6.74. The fourth-order valence-corrected chi connectivity index (χ4v) is 1.89. The lowest BCUT2D eigenvalue weighted by atomic mass is 9.88. The lowest BCUT2D eigenvalue weighted by molar-refractivity contribution is -0.00157. The molecule has 0 aliphatic heterocycles. The summed E-state index contributed by atoms with van der Waals surface area (Å²) in [5.41, 5.74) is 5.34. The van der Waals surface area contributed by atoms with Crippen molar-refractivity contribution in [2.75, 3.05) is 6.61 Å². The molecule has 0 aromatic heterocycles. The quantitative estimate of drug-likeness (QED) is 0.314. The highest BCUT2D eigenvalue weighted by atomic mass is 16.5. The van der Waals surface area contributed by atoms with Gasteiger partial charge in [-0.05, 0) is 18.8 Å². The van der Waals surface area contributed by atoms with E-state index in [1.165, 1.54) is 19.3 Å². The summed E-state index contributed by atoms with van der Waals surface area (Å²) in [6.45, 7) is 2.79. The fourth-order valence-electron chi connectivity index (χ4n) is 1.89. The minimum Gasteiger partial charge on any atom is -0.409 e. The summed E-state index contributed by atoms with van der Waals surface area (Å²) >= 11 is 0. The largest absolute Gasteiger partial charge is 0.409 e. The lowest BCUT2D eigenvalue weighted by Gasteiger charge is -2.28. The molecule has 4 heteroatoms. The molecule has 1 rings (SSSR count). The number of amidine groups is 1. The smallest absolute Gasteiger partial charge is 0.141 e. The molecular formula is C10H20N2O2. The van der Waals surface area contributed by atoms with Crippen molar-refractivity contribution in [1.82, 2.24) is 0 Å². The van der Waals surface area contributed by atoms with Crippen LogP contribution in [0.2, 0.25) is 0 Å². The molecule has 0 amide bonds. The minimum absolute atomic E-state index is 0.244. The van der Waals surface area contributed by atoms with Crippen molar-refractivity contribution >= 4 is 5.84 Å². The molecule has 1 saturated carbocycles. The molecule has 2 unspecified atom stereocenters. The Kier molecular flexibility index (Phi) is 4.73. The summed E-state index contributed by atoms with van der Waals surface area (Å²) in [7, 11) is 0. The molecule has 0 aromatic carbocycles. The number of nitrogens with two attached hydrogens (primary N) is 1. The van der Waals surface area contributed by atoms with Crippen LogP contribution in [-0.2, 0) is 4.74 Å². The zero-order valence-corrected chi connectivity index (χ0v) is 8.78. The van der Waals surface area contributed by atoms with Gasteiger partial charge >= 0.3 is 0 Å². The van der Waals surface area contributed by atoms with E-state index in [1.54, 1.807) is 0 Å². The van der Waals surface area contributed by atoms with Gasteiger partial charge in [-0.25, -0.2) is 0 Å². The van der Waals surface area contributed by atoms with Crippen LogP contribution in [0.1, 0.15) is 39.0 Å². The van der Waals surface area contributed by atoms with Gasteiger partial charge in [0.25, 0.3) is 0 Å². The number of hydrogen-bond donors (Lipinski definition) is 2. The summed E-state index contributed by atoms with van der Waals surface area (Å²) in [5, 5.41) is 11.2. The topological polar surface area (TPSA) is 67.8 Å². The molecule has 4 nitrogen and oxygen atoms in total. The van der Waals surface area contributed by atoms with Crippen LogP contribution in [0.3, 0.4) is 0 Å². The van der Waals surface area contributed by atoms with Gasteiger partial charge in [-0.2, -0.15) is 0 Å². The average Bonchev–Trinajstić information content (AvgIpc) is 2.20. The van der Waals surface area contributed by atoms with E-state index in [1.807, 2.05) is 0 Å². The SMILES string of the molecule is CC1CCCCC1OCC/C(N)=N/O. The van der Waals surface area contributed by atoms with Gasteiger partial charge in [0.2, 0.25) is 0 Å². The van der Waals surface area contributed by atoms with Crippen LogP contribution >= 0.6 is 0 Å². The predicted octanol–water partition coefficient (Wildman–Crippen LogP) is 1.72. The molecule has 82 valence electrons. The monoisotopic (exact) mass is 200 g/mol. The summed E-state index contributed by atoms with van der Waals surface area (Å²) in [4.78, 5) is 0. The Bertz CT molecular complexity index is 195. The summed E-state index contributed by atoms with van der Waals surface area (Å²) < 4.78 is 5.70. The van der Waals surface area contributed by atoms with Crippen LogP contribution in [0.4, 0.5) is 0 Å². The molecule has 0 radical (unpaired) electrons. The van der Waals surface area contributed by atoms with Gasteiger partial charge in [-0.3, -0.25) is 0 Å². The van der Waals surface area contributed by atoms with E-state index < -0.39 is 0 Å². The molecule has 0 spiro atoms. The third kappa shape index (κ3) is 3.54. The van der Waals surface area contributed by atoms with Crippen molar-refractivity contribution in [3.63, 3.8) is 0 Å². The summed E-state index contributed by atoms with van der Waals surface area (Å²) in [6.07, 6.45) is 5.88. The molecule has 0 aromatic rings. The van der Waals surface area contributed by atoms with Gasteiger partial charge in [0.1, 0.15) is 5.84 Å². The van der Waals surface area contributed by atoms with Gasteiger partial charge in [-0.15, -0.1) is 0 Å². The van der Waals surface area contributed by atoms with Gasteiger partial charge in [0, 0.05) is 6.42 Å². The second-order valence-corrected chi connectivity index (χ2v) is 4.01. The van der Waals surface area contributed by atoms with E-state index in [4.69, 9.17) is 15.7 Å². The predicted molar refractivity (Wildman–Crippen MR) is 55.4 cm³/mol. The van der Waals surface area contributed by atoms with Crippen molar-refractivity contribution in [2.45, 2.75) is 45.1 Å². The molecule has 0 saturated heterocycles.